The molecule has 1 rings (SSSR count). The van der Waals surface area contributed by atoms with E-state index >= 15 is 0 Å². The van der Waals surface area contributed by atoms with Gasteiger partial charge in [-0.3, -0.25) is 4.79 Å². The third-order valence-corrected chi connectivity index (χ3v) is 2.48. The number of aromatic nitrogens is 1. The zero-order valence-electron chi connectivity index (χ0n) is 11.1. The van der Waals surface area contributed by atoms with Crippen LogP contribution in [0.2, 0.25) is 0 Å². The fourth-order valence-corrected chi connectivity index (χ4v) is 1.36. The Labute approximate surface area is 117 Å². The van der Waals surface area contributed by atoms with Crippen molar-refractivity contribution < 1.29 is 26.7 Å². The van der Waals surface area contributed by atoms with Crippen molar-refractivity contribution in [3.8, 4) is 0 Å². The SMILES string of the molecule is CCCNc1nccc(C(=O)NCC(F)(F)C(F)F)c1F. The third-order valence-electron chi connectivity index (χ3n) is 2.48. The minimum absolute atomic E-state index is 0.204. The van der Waals surface area contributed by atoms with Crippen LogP contribution in [0.15, 0.2) is 12.3 Å². The van der Waals surface area contributed by atoms with Crippen LogP contribution in [0.3, 0.4) is 0 Å². The molecule has 9 heteroatoms. The van der Waals surface area contributed by atoms with Crippen molar-refractivity contribution in [3.05, 3.63) is 23.6 Å². The first-order valence-electron chi connectivity index (χ1n) is 6.12. The molecule has 0 unspecified atom stereocenters. The minimum Gasteiger partial charge on any atom is -0.368 e. The van der Waals surface area contributed by atoms with Gasteiger partial charge in [-0.2, -0.15) is 8.78 Å². The molecule has 0 atom stereocenters. The van der Waals surface area contributed by atoms with Gasteiger partial charge >= 0.3 is 12.3 Å². The molecule has 0 spiro atoms. The average molecular weight is 311 g/mol. The van der Waals surface area contributed by atoms with Crippen LogP contribution in [-0.4, -0.2) is 36.3 Å². The quantitative estimate of drug-likeness (QED) is 0.761. The van der Waals surface area contributed by atoms with E-state index in [0.29, 0.717) is 13.0 Å². The Hall–Kier alpha value is -1.93. The van der Waals surface area contributed by atoms with Crippen molar-refractivity contribution in [3.63, 3.8) is 0 Å². The number of anilines is 1. The molecule has 0 fully saturated rings. The molecule has 0 aliphatic carbocycles. The lowest BCUT2D eigenvalue weighted by Crippen LogP contribution is -2.41. The monoisotopic (exact) mass is 311 g/mol. The summed E-state index contributed by atoms with van der Waals surface area (Å²) < 4.78 is 63.2. The first-order chi connectivity index (χ1) is 9.79. The summed E-state index contributed by atoms with van der Waals surface area (Å²) in [4.78, 5) is 15.2. The van der Waals surface area contributed by atoms with E-state index in [1.165, 1.54) is 0 Å². The van der Waals surface area contributed by atoms with Gasteiger partial charge in [0.05, 0.1) is 12.1 Å². The summed E-state index contributed by atoms with van der Waals surface area (Å²) in [6, 6.07) is 0.975. The van der Waals surface area contributed by atoms with Crippen molar-refractivity contribution in [2.24, 2.45) is 0 Å². The number of nitrogens with one attached hydrogen (secondary N) is 2. The summed E-state index contributed by atoms with van der Waals surface area (Å²) in [7, 11) is 0. The molecule has 0 saturated heterocycles. The lowest BCUT2D eigenvalue weighted by molar-refractivity contribution is -0.123. The molecule has 118 valence electrons. The number of halogens is 5. The van der Waals surface area contributed by atoms with Gasteiger partial charge < -0.3 is 10.6 Å². The second-order valence-electron chi connectivity index (χ2n) is 4.19. The lowest BCUT2D eigenvalue weighted by Gasteiger charge is -2.16. The molecule has 0 aliphatic heterocycles. The zero-order chi connectivity index (χ0) is 16.0. The van der Waals surface area contributed by atoms with Crippen molar-refractivity contribution in [1.29, 1.82) is 0 Å². The maximum Gasteiger partial charge on any atom is 0.324 e. The standard InChI is InChI=1S/C12H14F5N3O/c1-2-4-18-9-8(13)7(3-5-19-9)10(21)20-6-12(16,17)11(14)15/h3,5,11H,2,4,6H2,1H3,(H,18,19)(H,20,21). The Morgan fingerprint density at radius 2 is 2.10 bits per heavy atom. The predicted octanol–water partition coefficient (Wildman–Crippen LogP) is 2.67. The molecule has 1 aromatic heterocycles. The van der Waals surface area contributed by atoms with E-state index in [1.807, 2.05) is 6.92 Å². The Morgan fingerprint density at radius 1 is 1.43 bits per heavy atom. The summed E-state index contributed by atoms with van der Waals surface area (Å²) in [6.45, 7) is 0.648. The Morgan fingerprint density at radius 3 is 2.67 bits per heavy atom. The van der Waals surface area contributed by atoms with Crippen LogP contribution in [0.1, 0.15) is 23.7 Å². The van der Waals surface area contributed by atoms with Crippen LogP contribution < -0.4 is 10.6 Å². The molecule has 0 aromatic carbocycles. The summed E-state index contributed by atoms with van der Waals surface area (Å²) in [5.41, 5.74) is -0.548. The van der Waals surface area contributed by atoms with E-state index in [1.54, 1.807) is 5.32 Å². The Bertz CT molecular complexity index is 496. The van der Waals surface area contributed by atoms with E-state index < -0.39 is 36.2 Å². The van der Waals surface area contributed by atoms with Crippen molar-refractivity contribution >= 4 is 11.7 Å². The average Bonchev–Trinajstić information content (AvgIpc) is 2.43. The summed E-state index contributed by atoms with van der Waals surface area (Å²) in [5.74, 6) is -6.81. The van der Waals surface area contributed by atoms with Crippen LogP contribution in [0.25, 0.3) is 0 Å². The number of amides is 1. The van der Waals surface area contributed by atoms with Crippen LogP contribution in [0, 0.1) is 5.82 Å². The van der Waals surface area contributed by atoms with E-state index in [-0.39, 0.29) is 5.82 Å². The molecule has 21 heavy (non-hydrogen) atoms. The Kier molecular flexibility index (Phi) is 5.86. The fourth-order valence-electron chi connectivity index (χ4n) is 1.36. The van der Waals surface area contributed by atoms with E-state index in [0.717, 1.165) is 12.3 Å². The predicted molar refractivity (Wildman–Crippen MR) is 66.3 cm³/mol. The number of hydrogen-bond donors (Lipinski definition) is 2. The molecule has 4 nitrogen and oxygen atoms in total. The molecule has 1 amide bonds. The summed E-state index contributed by atoms with van der Waals surface area (Å²) >= 11 is 0. The van der Waals surface area contributed by atoms with Crippen LogP contribution >= 0.6 is 0 Å². The minimum atomic E-state index is -4.37. The first-order valence-corrected chi connectivity index (χ1v) is 6.12. The highest BCUT2D eigenvalue weighted by molar-refractivity contribution is 5.95. The van der Waals surface area contributed by atoms with Crippen molar-refractivity contribution in [2.75, 3.05) is 18.4 Å². The van der Waals surface area contributed by atoms with E-state index in [2.05, 4.69) is 10.3 Å². The number of pyridine rings is 1. The second-order valence-corrected chi connectivity index (χ2v) is 4.19. The molecule has 0 aliphatic rings. The van der Waals surface area contributed by atoms with Gasteiger partial charge in [0.2, 0.25) is 0 Å². The molecule has 0 bridgehead atoms. The summed E-state index contributed by atoms with van der Waals surface area (Å²) in [6.07, 6.45) is -2.12. The van der Waals surface area contributed by atoms with Crippen LogP contribution in [0.4, 0.5) is 27.8 Å². The number of hydrogen-bond acceptors (Lipinski definition) is 3. The van der Waals surface area contributed by atoms with Gasteiger partial charge in [0.15, 0.2) is 11.6 Å². The molecule has 1 heterocycles. The summed E-state index contributed by atoms with van der Waals surface area (Å²) in [5, 5.41) is 4.19. The topological polar surface area (TPSA) is 54.0 Å². The number of carbonyl (C=O) groups excluding carboxylic acids is 1. The lowest BCUT2D eigenvalue weighted by atomic mass is 10.2. The van der Waals surface area contributed by atoms with Gasteiger partial charge in [0, 0.05) is 12.7 Å². The number of carbonyl (C=O) groups is 1. The number of nitrogens with zero attached hydrogens (tertiary/aromatic N) is 1. The molecule has 2 N–H and O–H groups in total. The molecule has 0 saturated carbocycles. The van der Waals surface area contributed by atoms with Crippen LogP contribution in [0.5, 0.6) is 0 Å². The molecule has 0 radical (unpaired) electrons. The van der Waals surface area contributed by atoms with Crippen molar-refractivity contribution in [2.45, 2.75) is 25.7 Å². The highest BCUT2D eigenvalue weighted by Gasteiger charge is 2.41. The smallest absolute Gasteiger partial charge is 0.324 e. The number of alkyl halides is 4. The van der Waals surface area contributed by atoms with Gasteiger partial charge in [-0.15, -0.1) is 0 Å². The number of rotatable bonds is 7. The van der Waals surface area contributed by atoms with Gasteiger partial charge in [-0.25, -0.2) is 18.2 Å². The van der Waals surface area contributed by atoms with Gasteiger partial charge in [0.25, 0.3) is 5.91 Å². The van der Waals surface area contributed by atoms with E-state index in [9.17, 15) is 26.7 Å². The normalized spacial score (nSPS) is 11.6. The Balaban J connectivity index is 2.79. The fraction of sp³-hybridized carbons (Fsp3) is 0.500. The second kappa shape index (κ2) is 7.19. The largest absolute Gasteiger partial charge is 0.368 e. The first kappa shape index (κ1) is 17.1. The molecular formula is C12H14F5N3O. The molecule has 1 aromatic rings. The third kappa shape index (κ3) is 4.54. The van der Waals surface area contributed by atoms with Gasteiger partial charge in [0.1, 0.15) is 0 Å². The highest BCUT2D eigenvalue weighted by Crippen LogP contribution is 2.22. The maximum absolute atomic E-state index is 13.9. The van der Waals surface area contributed by atoms with Gasteiger partial charge in [-0.1, -0.05) is 6.92 Å². The maximum atomic E-state index is 13.9. The highest BCUT2D eigenvalue weighted by atomic mass is 19.3. The zero-order valence-corrected chi connectivity index (χ0v) is 11.1. The van der Waals surface area contributed by atoms with Crippen LogP contribution in [-0.2, 0) is 0 Å². The van der Waals surface area contributed by atoms with Gasteiger partial charge in [-0.05, 0) is 12.5 Å². The molecular weight excluding hydrogens is 297 g/mol. The van der Waals surface area contributed by atoms with E-state index in [4.69, 9.17) is 0 Å². The van der Waals surface area contributed by atoms with Crippen molar-refractivity contribution in [1.82, 2.24) is 10.3 Å².